The van der Waals surface area contributed by atoms with Gasteiger partial charge in [-0.2, -0.15) is 13.2 Å². The van der Waals surface area contributed by atoms with Crippen LogP contribution in [0.4, 0.5) is 13.2 Å². The van der Waals surface area contributed by atoms with E-state index < -0.39 is 11.7 Å². The fourth-order valence-electron chi connectivity index (χ4n) is 3.82. The van der Waals surface area contributed by atoms with Crippen molar-refractivity contribution in [1.82, 2.24) is 19.9 Å². The summed E-state index contributed by atoms with van der Waals surface area (Å²) in [5.74, 6) is 0.745. The third-order valence-electron chi connectivity index (χ3n) is 5.40. The summed E-state index contributed by atoms with van der Waals surface area (Å²) >= 11 is 0. The molecular weight excluding hydrogens is 405 g/mol. The Hall–Kier alpha value is -3.00. The molecule has 3 aromatic rings. The van der Waals surface area contributed by atoms with Crippen LogP contribution in [0.15, 0.2) is 47.4 Å². The SMILES string of the molecule is CCCc1nc2c(c(=O)[nH]1)CN(Cc1ccc(-c3cccc(C(F)(F)F)c3)nc1)CC2. The second-order valence-electron chi connectivity index (χ2n) is 7.78. The first-order valence-electron chi connectivity index (χ1n) is 10.3. The minimum Gasteiger partial charge on any atom is -0.310 e. The van der Waals surface area contributed by atoms with E-state index in [1.54, 1.807) is 18.3 Å². The van der Waals surface area contributed by atoms with E-state index in [1.807, 2.05) is 13.0 Å². The fraction of sp³-hybridized carbons (Fsp3) is 0.348. The van der Waals surface area contributed by atoms with Crippen LogP contribution in [-0.4, -0.2) is 26.4 Å². The molecule has 0 saturated carbocycles. The van der Waals surface area contributed by atoms with Gasteiger partial charge in [0.25, 0.3) is 5.56 Å². The Balaban J connectivity index is 1.46. The van der Waals surface area contributed by atoms with Gasteiger partial charge in [0.2, 0.25) is 0 Å². The molecule has 2 aromatic heterocycles. The van der Waals surface area contributed by atoms with Gasteiger partial charge in [-0.3, -0.25) is 14.7 Å². The zero-order chi connectivity index (χ0) is 22.0. The zero-order valence-electron chi connectivity index (χ0n) is 17.2. The van der Waals surface area contributed by atoms with Crippen molar-refractivity contribution in [1.29, 1.82) is 0 Å². The largest absolute Gasteiger partial charge is 0.416 e. The van der Waals surface area contributed by atoms with Crippen molar-refractivity contribution in [2.75, 3.05) is 6.54 Å². The van der Waals surface area contributed by atoms with E-state index in [0.717, 1.165) is 48.6 Å². The first-order valence-corrected chi connectivity index (χ1v) is 10.3. The number of aromatic amines is 1. The summed E-state index contributed by atoms with van der Waals surface area (Å²) in [6.45, 7) is 3.95. The topological polar surface area (TPSA) is 61.9 Å². The molecule has 1 aliphatic rings. The molecule has 0 unspecified atom stereocenters. The lowest BCUT2D eigenvalue weighted by Crippen LogP contribution is -2.35. The van der Waals surface area contributed by atoms with Gasteiger partial charge in [0.1, 0.15) is 5.82 Å². The van der Waals surface area contributed by atoms with E-state index in [1.165, 1.54) is 6.07 Å². The Bertz CT molecular complexity index is 1120. The summed E-state index contributed by atoms with van der Waals surface area (Å²) in [7, 11) is 0. The van der Waals surface area contributed by atoms with Gasteiger partial charge in [-0.25, -0.2) is 4.98 Å². The predicted molar refractivity (Wildman–Crippen MR) is 111 cm³/mol. The van der Waals surface area contributed by atoms with E-state index in [0.29, 0.717) is 36.3 Å². The van der Waals surface area contributed by atoms with Gasteiger partial charge in [-0.05, 0) is 30.2 Å². The average molecular weight is 428 g/mol. The molecular formula is C23H23F3N4O. The molecule has 0 radical (unpaired) electrons. The quantitative estimate of drug-likeness (QED) is 0.656. The van der Waals surface area contributed by atoms with Crippen molar-refractivity contribution in [3.05, 3.63) is 81.2 Å². The summed E-state index contributed by atoms with van der Waals surface area (Å²) < 4.78 is 38.8. The van der Waals surface area contributed by atoms with Crippen molar-refractivity contribution < 1.29 is 13.2 Å². The lowest BCUT2D eigenvalue weighted by Gasteiger charge is -2.27. The smallest absolute Gasteiger partial charge is 0.310 e. The number of aromatic nitrogens is 3. The first-order chi connectivity index (χ1) is 14.8. The molecule has 0 amide bonds. The number of benzene rings is 1. The molecule has 4 rings (SSSR count). The highest BCUT2D eigenvalue weighted by Crippen LogP contribution is 2.31. The number of nitrogens with zero attached hydrogens (tertiary/aromatic N) is 3. The molecule has 0 fully saturated rings. The number of H-pyrrole nitrogens is 1. The predicted octanol–water partition coefficient (Wildman–Crippen LogP) is 4.36. The van der Waals surface area contributed by atoms with Gasteiger partial charge in [0, 0.05) is 44.2 Å². The standard InChI is InChI=1S/C23H23F3N4O/c1-2-4-21-28-20-9-10-30(14-18(20)22(31)29-21)13-15-7-8-19(27-12-15)16-5-3-6-17(11-16)23(24,25)26/h3,5-8,11-12H,2,4,9-10,13-14H2,1H3,(H,28,29,31). The summed E-state index contributed by atoms with van der Waals surface area (Å²) in [5, 5.41) is 0. The monoisotopic (exact) mass is 428 g/mol. The van der Waals surface area contributed by atoms with Crippen molar-refractivity contribution >= 4 is 0 Å². The summed E-state index contributed by atoms with van der Waals surface area (Å²) in [6, 6.07) is 8.75. The molecule has 1 aliphatic heterocycles. The van der Waals surface area contributed by atoms with E-state index >= 15 is 0 Å². The molecule has 0 aliphatic carbocycles. The van der Waals surface area contributed by atoms with Crippen LogP contribution in [0, 0.1) is 0 Å². The van der Waals surface area contributed by atoms with Gasteiger partial charge >= 0.3 is 6.18 Å². The number of halogens is 3. The summed E-state index contributed by atoms with van der Waals surface area (Å²) in [6.07, 6.45) is -0.304. The molecule has 0 bridgehead atoms. The number of alkyl halides is 3. The molecule has 162 valence electrons. The second-order valence-corrected chi connectivity index (χ2v) is 7.78. The van der Waals surface area contributed by atoms with E-state index in [-0.39, 0.29) is 5.56 Å². The van der Waals surface area contributed by atoms with Crippen LogP contribution in [0.25, 0.3) is 11.3 Å². The van der Waals surface area contributed by atoms with Crippen LogP contribution in [-0.2, 0) is 32.1 Å². The molecule has 31 heavy (non-hydrogen) atoms. The van der Waals surface area contributed by atoms with Crippen molar-refractivity contribution in [3.63, 3.8) is 0 Å². The Labute approximate surface area is 178 Å². The third-order valence-corrected chi connectivity index (χ3v) is 5.40. The molecule has 0 atom stereocenters. The Kier molecular flexibility index (Phi) is 5.91. The van der Waals surface area contributed by atoms with Crippen LogP contribution < -0.4 is 5.56 Å². The van der Waals surface area contributed by atoms with Gasteiger partial charge in [-0.15, -0.1) is 0 Å². The summed E-state index contributed by atoms with van der Waals surface area (Å²) in [4.78, 5) is 26.4. The lowest BCUT2D eigenvalue weighted by atomic mass is 10.0. The van der Waals surface area contributed by atoms with Crippen molar-refractivity contribution in [2.24, 2.45) is 0 Å². The number of nitrogens with one attached hydrogen (secondary N) is 1. The highest BCUT2D eigenvalue weighted by molar-refractivity contribution is 5.60. The van der Waals surface area contributed by atoms with E-state index in [4.69, 9.17) is 0 Å². The van der Waals surface area contributed by atoms with Crippen LogP contribution >= 0.6 is 0 Å². The molecule has 8 heteroatoms. The first kappa shape index (κ1) is 21.2. The molecule has 5 nitrogen and oxygen atoms in total. The zero-order valence-corrected chi connectivity index (χ0v) is 17.2. The number of rotatable bonds is 5. The number of hydrogen-bond donors (Lipinski definition) is 1. The molecule has 3 heterocycles. The molecule has 0 saturated heterocycles. The van der Waals surface area contributed by atoms with E-state index in [9.17, 15) is 18.0 Å². The molecule has 0 spiro atoms. The van der Waals surface area contributed by atoms with Gasteiger partial charge < -0.3 is 4.98 Å². The van der Waals surface area contributed by atoms with Crippen LogP contribution in [0.3, 0.4) is 0 Å². The van der Waals surface area contributed by atoms with E-state index in [2.05, 4.69) is 19.9 Å². The number of aryl methyl sites for hydroxylation is 1. The minimum atomic E-state index is -4.38. The van der Waals surface area contributed by atoms with Crippen molar-refractivity contribution in [2.45, 2.75) is 45.5 Å². The lowest BCUT2D eigenvalue weighted by molar-refractivity contribution is -0.137. The maximum Gasteiger partial charge on any atom is 0.416 e. The Morgan fingerprint density at radius 1 is 1.19 bits per heavy atom. The maximum atomic E-state index is 12.9. The maximum absolute atomic E-state index is 12.9. The second kappa shape index (κ2) is 8.63. The molecule has 1 aromatic carbocycles. The third kappa shape index (κ3) is 4.85. The van der Waals surface area contributed by atoms with Crippen molar-refractivity contribution in [3.8, 4) is 11.3 Å². The van der Waals surface area contributed by atoms with Gasteiger partial charge in [0.05, 0.1) is 22.5 Å². The number of pyridine rings is 1. The average Bonchev–Trinajstić information content (AvgIpc) is 2.74. The van der Waals surface area contributed by atoms with Crippen LogP contribution in [0.1, 0.15) is 41.6 Å². The van der Waals surface area contributed by atoms with Crippen LogP contribution in [0.5, 0.6) is 0 Å². The number of hydrogen-bond acceptors (Lipinski definition) is 4. The summed E-state index contributed by atoms with van der Waals surface area (Å²) in [5.41, 5.74) is 2.67. The Morgan fingerprint density at radius 2 is 2.03 bits per heavy atom. The Morgan fingerprint density at radius 3 is 2.74 bits per heavy atom. The molecule has 1 N–H and O–H groups in total. The number of fused-ring (bicyclic) bond motifs is 1. The van der Waals surface area contributed by atoms with Crippen LogP contribution in [0.2, 0.25) is 0 Å². The van der Waals surface area contributed by atoms with Gasteiger partial charge in [-0.1, -0.05) is 25.1 Å². The highest BCUT2D eigenvalue weighted by atomic mass is 19.4. The highest BCUT2D eigenvalue weighted by Gasteiger charge is 2.30. The van der Waals surface area contributed by atoms with Gasteiger partial charge in [0.15, 0.2) is 0 Å². The normalized spacial score (nSPS) is 14.5. The minimum absolute atomic E-state index is 0.0730. The fourth-order valence-corrected chi connectivity index (χ4v) is 3.82.